The van der Waals surface area contributed by atoms with E-state index in [2.05, 4.69) is 0 Å². The minimum absolute atomic E-state index is 0.00856. The minimum Gasteiger partial charge on any atom is -0.478 e. The van der Waals surface area contributed by atoms with E-state index >= 15 is 0 Å². The summed E-state index contributed by atoms with van der Waals surface area (Å²) in [5, 5.41) is 21.4. The van der Waals surface area contributed by atoms with Gasteiger partial charge < -0.3 is 9.52 Å². The van der Waals surface area contributed by atoms with Gasteiger partial charge in [-0.15, -0.1) is 0 Å². The molecular weight excluding hydrogens is 422 g/mol. The van der Waals surface area contributed by atoms with Crippen molar-refractivity contribution in [2.75, 3.05) is 0 Å². The molecule has 160 valence electrons. The van der Waals surface area contributed by atoms with Gasteiger partial charge in [0.05, 0.1) is 10.5 Å². The molecular formula is C26H15NO6. The van der Waals surface area contributed by atoms with Crippen LogP contribution in [0.2, 0.25) is 0 Å². The van der Waals surface area contributed by atoms with Crippen molar-refractivity contribution in [1.82, 2.24) is 0 Å². The van der Waals surface area contributed by atoms with Crippen LogP contribution in [0.4, 0.5) is 5.69 Å². The van der Waals surface area contributed by atoms with E-state index in [-0.39, 0.29) is 16.7 Å². The monoisotopic (exact) mass is 437 g/mol. The second-order valence-corrected chi connectivity index (χ2v) is 7.50. The first-order chi connectivity index (χ1) is 15.9. The van der Waals surface area contributed by atoms with Gasteiger partial charge in [0, 0.05) is 34.7 Å². The summed E-state index contributed by atoms with van der Waals surface area (Å²) in [5.41, 5.74) is 3.66. The van der Waals surface area contributed by atoms with Crippen LogP contribution in [-0.4, -0.2) is 16.0 Å². The Morgan fingerprint density at radius 2 is 1.58 bits per heavy atom. The third-order valence-corrected chi connectivity index (χ3v) is 5.53. The molecule has 2 aliphatic rings. The molecule has 1 heterocycles. The van der Waals surface area contributed by atoms with Crippen molar-refractivity contribution in [1.29, 1.82) is 0 Å². The van der Waals surface area contributed by atoms with Crippen molar-refractivity contribution in [2.24, 2.45) is 0 Å². The highest BCUT2D eigenvalue weighted by Gasteiger charge is 2.21. The van der Waals surface area contributed by atoms with Gasteiger partial charge in [0.15, 0.2) is 5.43 Å². The van der Waals surface area contributed by atoms with Gasteiger partial charge in [-0.25, -0.2) is 4.79 Å². The van der Waals surface area contributed by atoms with Gasteiger partial charge in [-0.3, -0.25) is 14.9 Å². The lowest BCUT2D eigenvalue weighted by atomic mass is 9.90. The van der Waals surface area contributed by atoms with Crippen LogP contribution in [0.1, 0.15) is 10.4 Å². The zero-order valence-corrected chi connectivity index (χ0v) is 17.0. The summed E-state index contributed by atoms with van der Waals surface area (Å²) in [6.45, 7) is 0. The third kappa shape index (κ3) is 3.51. The van der Waals surface area contributed by atoms with Gasteiger partial charge >= 0.3 is 5.97 Å². The van der Waals surface area contributed by atoms with Crippen LogP contribution in [0.3, 0.4) is 0 Å². The molecule has 1 N–H and O–H groups in total. The van der Waals surface area contributed by atoms with Crippen molar-refractivity contribution < 1.29 is 19.2 Å². The molecule has 0 bridgehead atoms. The lowest BCUT2D eigenvalue weighted by Gasteiger charge is -2.17. The summed E-state index contributed by atoms with van der Waals surface area (Å²) in [5.74, 6) is -0.721. The summed E-state index contributed by atoms with van der Waals surface area (Å²) < 4.78 is 6.06. The van der Waals surface area contributed by atoms with Crippen LogP contribution in [0.25, 0.3) is 44.5 Å². The lowest BCUT2D eigenvalue weighted by molar-refractivity contribution is -0.384. The maximum Gasteiger partial charge on any atom is 0.336 e. The Balaban J connectivity index is 1.80. The molecule has 1 aliphatic heterocycles. The number of hydrogen-bond donors (Lipinski definition) is 1. The molecule has 3 aromatic carbocycles. The highest BCUT2D eigenvalue weighted by atomic mass is 16.6. The second-order valence-electron chi connectivity index (χ2n) is 7.50. The second kappa shape index (κ2) is 7.72. The topological polar surface area (TPSA) is 111 Å². The van der Waals surface area contributed by atoms with Crippen molar-refractivity contribution >= 4 is 22.6 Å². The number of carbonyl (C=O) groups is 1. The standard InChI is InChI=1S/C26H15NO6/c28-18-10-12-22-24(14-18)33-23-13-16(15-5-8-17(9-6-15)27(31)32)7-11-21(23)25(22)19-3-1-2-4-20(19)26(29)30/h1-14H,(H,29,30). The molecule has 0 fully saturated rings. The highest BCUT2D eigenvalue weighted by Crippen LogP contribution is 2.42. The van der Waals surface area contributed by atoms with E-state index in [1.807, 2.05) is 12.1 Å². The maximum absolute atomic E-state index is 12.0. The quantitative estimate of drug-likeness (QED) is 0.215. The molecule has 33 heavy (non-hydrogen) atoms. The van der Waals surface area contributed by atoms with Gasteiger partial charge in [-0.2, -0.15) is 0 Å². The first-order valence-electron chi connectivity index (χ1n) is 10.0. The smallest absolute Gasteiger partial charge is 0.336 e. The van der Waals surface area contributed by atoms with E-state index in [0.717, 1.165) is 11.1 Å². The first kappa shape index (κ1) is 20.1. The first-order valence-corrected chi connectivity index (χ1v) is 10.0. The summed E-state index contributed by atoms with van der Waals surface area (Å²) in [6, 6.07) is 22.7. The molecule has 0 spiro atoms. The number of fused-ring (bicyclic) bond motifs is 2. The van der Waals surface area contributed by atoms with Gasteiger partial charge in [0.1, 0.15) is 11.3 Å². The van der Waals surface area contributed by atoms with Crippen molar-refractivity contribution in [3.8, 4) is 33.6 Å². The van der Waals surface area contributed by atoms with Crippen LogP contribution < -0.4 is 5.43 Å². The molecule has 1 aliphatic carbocycles. The number of nitro benzene ring substituents is 1. The van der Waals surface area contributed by atoms with Gasteiger partial charge in [0.2, 0.25) is 0 Å². The largest absolute Gasteiger partial charge is 0.478 e. The molecule has 5 rings (SSSR count). The fourth-order valence-electron chi connectivity index (χ4n) is 4.00. The normalized spacial score (nSPS) is 11.0. The van der Waals surface area contributed by atoms with E-state index in [1.165, 1.54) is 30.3 Å². The van der Waals surface area contributed by atoms with Crippen LogP contribution in [0, 0.1) is 10.1 Å². The zero-order valence-electron chi connectivity index (χ0n) is 17.0. The van der Waals surface area contributed by atoms with Crippen molar-refractivity contribution in [3.05, 3.63) is 111 Å². The Kier molecular flexibility index (Phi) is 4.71. The number of carboxylic acids is 1. The number of rotatable bonds is 4. The Hall–Kier alpha value is -4.78. The fraction of sp³-hybridized carbons (Fsp3) is 0. The van der Waals surface area contributed by atoms with E-state index in [9.17, 15) is 24.8 Å². The lowest BCUT2D eigenvalue weighted by Crippen LogP contribution is -2.03. The molecule has 7 nitrogen and oxygen atoms in total. The minimum atomic E-state index is -1.06. The van der Waals surface area contributed by atoms with E-state index in [1.54, 1.807) is 42.5 Å². The molecule has 0 saturated heterocycles. The number of carboxylic acid groups (broad SMARTS) is 1. The summed E-state index contributed by atoms with van der Waals surface area (Å²) in [6.07, 6.45) is 0. The SMILES string of the molecule is O=C(O)c1ccccc1-c1c2ccc(=O)cc-2oc2cc(-c3ccc([N+](=O)[O-])cc3)ccc12. The van der Waals surface area contributed by atoms with Crippen LogP contribution in [-0.2, 0) is 0 Å². The molecule has 0 aromatic heterocycles. The number of benzene rings is 4. The maximum atomic E-state index is 12.0. The zero-order chi connectivity index (χ0) is 23.1. The summed E-state index contributed by atoms with van der Waals surface area (Å²) >= 11 is 0. The molecule has 0 amide bonds. The third-order valence-electron chi connectivity index (χ3n) is 5.53. The molecule has 7 heteroatoms. The molecule has 0 atom stereocenters. The van der Waals surface area contributed by atoms with Crippen LogP contribution in [0.5, 0.6) is 0 Å². The average Bonchev–Trinajstić information content (AvgIpc) is 2.82. The summed E-state index contributed by atoms with van der Waals surface area (Å²) in [7, 11) is 0. The number of non-ortho nitro benzene ring substituents is 1. The number of hydrogen-bond acceptors (Lipinski definition) is 5. The Bertz CT molecular complexity index is 1580. The van der Waals surface area contributed by atoms with E-state index < -0.39 is 10.9 Å². The van der Waals surface area contributed by atoms with Crippen molar-refractivity contribution in [3.63, 3.8) is 0 Å². The Morgan fingerprint density at radius 1 is 0.848 bits per heavy atom. The van der Waals surface area contributed by atoms with Gasteiger partial charge in [0.25, 0.3) is 5.69 Å². The van der Waals surface area contributed by atoms with Crippen LogP contribution in [0.15, 0.2) is 94.1 Å². The summed E-state index contributed by atoms with van der Waals surface area (Å²) in [4.78, 5) is 34.4. The molecule has 0 radical (unpaired) electrons. The molecule has 0 saturated carbocycles. The van der Waals surface area contributed by atoms with Gasteiger partial charge in [-0.05, 0) is 59.2 Å². The van der Waals surface area contributed by atoms with Crippen LogP contribution >= 0.6 is 0 Å². The van der Waals surface area contributed by atoms with Crippen molar-refractivity contribution in [2.45, 2.75) is 0 Å². The Morgan fingerprint density at radius 3 is 2.30 bits per heavy atom. The number of aromatic carboxylic acids is 1. The predicted molar refractivity (Wildman–Crippen MR) is 124 cm³/mol. The van der Waals surface area contributed by atoms with Gasteiger partial charge in [-0.1, -0.05) is 24.3 Å². The average molecular weight is 437 g/mol. The molecule has 3 aromatic rings. The predicted octanol–water partition coefficient (Wildman–Crippen LogP) is 5.84. The molecule has 0 unspecified atom stereocenters. The number of nitrogens with zero attached hydrogens (tertiary/aromatic N) is 1. The Labute approximate surface area is 186 Å². The number of nitro groups is 1. The fourth-order valence-corrected chi connectivity index (χ4v) is 4.00. The van der Waals surface area contributed by atoms with E-state index in [0.29, 0.717) is 33.4 Å². The van der Waals surface area contributed by atoms with E-state index in [4.69, 9.17) is 4.42 Å². The highest BCUT2D eigenvalue weighted by molar-refractivity contribution is 6.07.